The van der Waals surface area contributed by atoms with Gasteiger partial charge in [-0.25, -0.2) is 0 Å². The molecule has 0 radical (unpaired) electrons. The lowest BCUT2D eigenvalue weighted by Gasteiger charge is -2.09. The topological polar surface area (TPSA) is 12.0 Å². The Kier molecular flexibility index (Phi) is 3.32. The molecule has 0 amide bonds. The molecule has 0 bridgehead atoms. The summed E-state index contributed by atoms with van der Waals surface area (Å²) < 4.78 is 0. The van der Waals surface area contributed by atoms with Gasteiger partial charge >= 0.3 is 0 Å². The molecule has 1 rings (SSSR count). The highest BCUT2D eigenvalue weighted by Crippen LogP contribution is 2.21. The second-order valence-corrected chi connectivity index (χ2v) is 2.75. The van der Waals surface area contributed by atoms with E-state index >= 15 is 0 Å². The highest BCUT2D eigenvalue weighted by Gasteiger charge is 2.00. The predicted octanol–water partition coefficient (Wildman–Crippen LogP) is 3.40. The van der Waals surface area contributed by atoms with E-state index in [0.717, 1.165) is 23.4 Å². The van der Waals surface area contributed by atoms with Crippen LogP contribution in [0.5, 0.6) is 0 Å². The number of benzene rings is 1. The van der Waals surface area contributed by atoms with Crippen molar-refractivity contribution in [2.45, 2.75) is 6.92 Å². The quantitative estimate of drug-likeness (QED) is 0.735. The largest absolute Gasteiger partial charge is 0.385 e. The van der Waals surface area contributed by atoms with Crippen LogP contribution in [-0.4, -0.2) is 6.54 Å². The second kappa shape index (κ2) is 4.51. The molecule has 1 aromatic rings. The van der Waals surface area contributed by atoms with E-state index in [-0.39, 0.29) is 0 Å². The maximum atomic E-state index is 3.79. The Bertz CT molecular complexity index is 313. The first-order chi connectivity index (χ1) is 6.33. The Balaban J connectivity index is 3.18. The highest BCUT2D eigenvalue weighted by atomic mass is 14.9. The summed E-state index contributed by atoms with van der Waals surface area (Å²) in [7, 11) is 0. The van der Waals surface area contributed by atoms with Gasteiger partial charge in [0.2, 0.25) is 0 Å². The van der Waals surface area contributed by atoms with Crippen LogP contribution in [0.1, 0.15) is 18.1 Å². The van der Waals surface area contributed by atoms with Crippen LogP contribution in [0.4, 0.5) is 5.69 Å². The third-order valence-electron chi connectivity index (χ3n) is 1.93. The number of nitrogens with one attached hydrogen (secondary N) is 1. The number of rotatable bonds is 4. The van der Waals surface area contributed by atoms with E-state index in [4.69, 9.17) is 0 Å². The molecule has 0 unspecified atom stereocenters. The van der Waals surface area contributed by atoms with E-state index in [0.29, 0.717) is 0 Å². The molecular formula is C12H15N. The van der Waals surface area contributed by atoms with Gasteiger partial charge in [0.25, 0.3) is 0 Å². The summed E-state index contributed by atoms with van der Waals surface area (Å²) in [5.74, 6) is 0. The van der Waals surface area contributed by atoms with E-state index in [2.05, 4.69) is 25.4 Å². The van der Waals surface area contributed by atoms with Crippen molar-refractivity contribution in [2.24, 2.45) is 0 Å². The summed E-state index contributed by atoms with van der Waals surface area (Å²) in [6.07, 6.45) is 3.70. The van der Waals surface area contributed by atoms with Crippen LogP contribution in [0.25, 0.3) is 12.2 Å². The minimum absolute atomic E-state index is 0.918. The van der Waals surface area contributed by atoms with Crippen molar-refractivity contribution in [1.29, 1.82) is 0 Å². The molecule has 0 aliphatic heterocycles. The van der Waals surface area contributed by atoms with Crippen LogP contribution in [0.2, 0.25) is 0 Å². The van der Waals surface area contributed by atoms with Gasteiger partial charge in [0.1, 0.15) is 0 Å². The number of hydrogen-bond acceptors (Lipinski definition) is 1. The molecule has 0 saturated heterocycles. The normalized spacial score (nSPS) is 9.31. The molecule has 1 nitrogen and oxygen atoms in total. The smallest absolute Gasteiger partial charge is 0.0419 e. The number of hydrogen-bond donors (Lipinski definition) is 1. The molecule has 0 spiro atoms. The summed E-state index contributed by atoms with van der Waals surface area (Å²) in [6, 6.07) is 6.10. The van der Waals surface area contributed by atoms with E-state index in [9.17, 15) is 0 Å². The SMILES string of the molecule is C=Cc1cccc(NCC)c1C=C. The average molecular weight is 173 g/mol. The maximum absolute atomic E-state index is 3.79. The molecule has 1 aromatic carbocycles. The van der Waals surface area contributed by atoms with Crippen molar-refractivity contribution in [3.05, 3.63) is 42.5 Å². The van der Waals surface area contributed by atoms with Gasteiger partial charge in [-0.2, -0.15) is 0 Å². The van der Waals surface area contributed by atoms with Gasteiger partial charge in [0.15, 0.2) is 0 Å². The van der Waals surface area contributed by atoms with Gasteiger partial charge in [-0.15, -0.1) is 0 Å². The van der Waals surface area contributed by atoms with Crippen molar-refractivity contribution < 1.29 is 0 Å². The summed E-state index contributed by atoms with van der Waals surface area (Å²) in [5, 5.41) is 3.28. The van der Waals surface area contributed by atoms with Crippen LogP contribution in [0.15, 0.2) is 31.4 Å². The predicted molar refractivity (Wildman–Crippen MR) is 60.8 cm³/mol. The Morgan fingerprint density at radius 2 is 2.08 bits per heavy atom. The fourth-order valence-corrected chi connectivity index (χ4v) is 1.33. The van der Waals surface area contributed by atoms with E-state index < -0.39 is 0 Å². The van der Waals surface area contributed by atoms with Crippen LogP contribution in [-0.2, 0) is 0 Å². The summed E-state index contributed by atoms with van der Waals surface area (Å²) >= 11 is 0. The fourth-order valence-electron chi connectivity index (χ4n) is 1.33. The Hall–Kier alpha value is -1.50. The van der Waals surface area contributed by atoms with Crippen molar-refractivity contribution in [3.63, 3.8) is 0 Å². The molecule has 0 saturated carbocycles. The maximum Gasteiger partial charge on any atom is 0.0419 e. The Morgan fingerprint density at radius 1 is 1.31 bits per heavy atom. The van der Waals surface area contributed by atoms with Gasteiger partial charge in [0.05, 0.1) is 0 Å². The zero-order valence-electron chi connectivity index (χ0n) is 8.01. The molecule has 1 heteroatoms. The first kappa shape index (κ1) is 9.59. The van der Waals surface area contributed by atoms with Gasteiger partial charge in [-0.3, -0.25) is 0 Å². The van der Waals surface area contributed by atoms with Crippen molar-refractivity contribution in [2.75, 3.05) is 11.9 Å². The monoisotopic (exact) mass is 173 g/mol. The molecular weight excluding hydrogens is 158 g/mol. The molecule has 13 heavy (non-hydrogen) atoms. The van der Waals surface area contributed by atoms with E-state index in [1.54, 1.807) is 0 Å². The third kappa shape index (κ3) is 2.00. The van der Waals surface area contributed by atoms with Gasteiger partial charge in [-0.1, -0.05) is 37.4 Å². The standard InChI is InChI=1S/C12H15N/c1-4-10-8-7-9-12(13-6-3)11(10)5-2/h4-5,7-9,13H,1-2,6H2,3H3. The zero-order chi connectivity index (χ0) is 9.68. The van der Waals surface area contributed by atoms with E-state index in [1.807, 2.05) is 30.4 Å². The first-order valence-electron chi connectivity index (χ1n) is 4.45. The van der Waals surface area contributed by atoms with Crippen LogP contribution in [0.3, 0.4) is 0 Å². The second-order valence-electron chi connectivity index (χ2n) is 2.75. The van der Waals surface area contributed by atoms with Crippen molar-refractivity contribution in [1.82, 2.24) is 0 Å². The summed E-state index contributed by atoms with van der Waals surface area (Å²) in [6.45, 7) is 10.6. The fraction of sp³-hybridized carbons (Fsp3) is 0.167. The lowest BCUT2D eigenvalue weighted by molar-refractivity contribution is 1.21. The van der Waals surface area contributed by atoms with Crippen LogP contribution in [0, 0.1) is 0 Å². The van der Waals surface area contributed by atoms with Gasteiger partial charge in [-0.05, 0) is 18.6 Å². The zero-order valence-corrected chi connectivity index (χ0v) is 8.01. The van der Waals surface area contributed by atoms with Gasteiger partial charge in [0, 0.05) is 17.8 Å². The lowest BCUT2D eigenvalue weighted by Crippen LogP contribution is -1.99. The third-order valence-corrected chi connectivity index (χ3v) is 1.93. The average Bonchev–Trinajstić information content (AvgIpc) is 2.18. The molecule has 0 aliphatic rings. The molecule has 0 heterocycles. The number of anilines is 1. The van der Waals surface area contributed by atoms with Gasteiger partial charge < -0.3 is 5.32 Å². The molecule has 0 atom stereocenters. The Labute approximate surface area is 79.8 Å². The van der Waals surface area contributed by atoms with Crippen molar-refractivity contribution >= 4 is 17.8 Å². The molecule has 0 aliphatic carbocycles. The molecule has 0 aromatic heterocycles. The first-order valence-corrected chi connectivity index (χ1v) is 4.45. The highest BCUT2D eigenvalue weighted by molar-refractivity contribution is 5.74. The summed E-state index contributed by atoms with van der Waals surface area (Å²) in [5.41, 5.74) is 3.36. The minimum atomic E-state index is 0.918. The molecule has 1 N–H and O–H groups in total. The summed E-state index contributed by atoms with van der Waals surface area (Å²) in [4.78, 5) is 0. The van der Waals surface area contributed by atoms with E-state index in [1.165, 1.54) is 0 Å². The van der Waals surface area contributed by atoms with Crippen molar-refractivity contribution in [3.8, 4) is 0 Å². The van der Waals surface area contributed by atoms with Crippen LogP contribution < -0.4 is 5.32 Å². The molecule has 68 valence electrons. The minimum Gasteiger partial charge on any atom is -0.385 e. The molecule has 0 fully saturated rings. The Morgan fingerprint density at radius 3 is 2.62 bits per heavy atom. The lowest BCUT2D eigenvalue weighted by atomic mass is 10.1. The van der Waals surface area contributed by atoms with Crippen LogP contribution >= 0.6 is 0 Å².